The summed E-state index contributed by atoms with van der Waals surface area (Å²) in [5.41, 5.74) is 0. The van der Waals surface area contributed by atoms with Gasteiger partial charge in [-0.1, -0.05) is 19.8 Å². The Kier molecular flexibility index (Phi) is 9.77. The Hall–Kier alpha value is -0.260. The van der Waals surface area contributed by atoms with E-state index in [-0.39, 0.29) is 17.8 Å². The molecule has 0 aliphatic carbocycles. The highest BCUT2D eigenvalue weighted by molar-refractivity contribution is 8.00. The van der Waals surface area contributed by atoms with E-state index in [1.165, 1.54) is 11.8 Å². The number of thioether (sulfide) groups is 1. The minimum Gasteiger partial charge on any atom is -0.394 e. The van der Waals surface area contributed by atoms with Crippen molar-refractivity contribution in [2.75, 3.05) is 18.9 Å². The largest absolute Gasteiger partial charge is 0.394 e. The van der Waals surface area contributed by atoms with Crippen LogP contribution < -0.4 is 5.32 Å². The zero-order valence-corrected chi connectivity index (χ0v) is 10.9. The minimum absolute atomic E-state index is 0.00578. The van der Waals surface area contributed by atoms with Crippen molar-refractivity contribution in [2.45, 2.75) is 44.5 Å². The van der Waals surface area contributed by atoms with Crippen molar-refractivity contribution in [1.82, 2.24) is 5.32 Å². The Bertz CT molecular complexity index is 190. The van der Waals surface area contributed by atoms with Gasteiger partial charge >= 0.3 is 0 Å². The molecular formula is C11H23NO3S. The van der Waals surface area contributed by atoms with E-state index >= 15 is 0 Å². The number of hydrogen-bond donors (Lipinski definition) is 3. The summed E-state index contributed by atoms with van der Waals surface area (Å²) in [7, 11) is 0. The average Bonchev–Trinajstić information content (AvgIpc) is 2.30. The second-order valence-corrected chi connectivity index (χ2v) is 5.18. The van der Waals surface area contributed by atoms with E-state index in [4.69, 9.17) is 10.2 Å². The Morgan fingerprint density at radius 2 is 2.12 bits per heavy atom. The molecule has 0 aliphatic rings. The maximum Gasteiger partial charge on any atom is 0.232 e. The lowest BCUT2D eigenvalue weighted by Gasteiger charge is -2.13. The van der Waals surface area contributed by atoms with Gasteiger partial charge in [0.25, 0.3) is 0 Å². The topological polar surface area (TPSA) is 69.6 Å². The van der Waals surface area contributed by atoms with Gasteiger partial charge in [0.1, 0.15) is 0 Å². The number of rotatable bonds is 9. The van der Waals surface area contributed by atoms with Gasteiger partial charge in [-0.25, -0.2) is 0 Å². The summed E-state index contributed by atoms with van der Waals surface area (Å²) in [4.78, 5) is 11.5. The van der Waals surface area contributed by atoms with Crippen LogP contribution in [0.4, 0.5) is 0 Å². The lowest BCUT2D eigenvalue weighted by atomic mass is 10.2. The van der Waals surface area contributed by atoms with Gasteiger partial charge in [0.15, 0.2) is 0 Å². The first-order chi connectivity index (χ1) is 7.61. The van der Waals surface area contributed by atoms with Crippen molar-refractivity contribution in [1.29, 1.82) is 0 Å². The molecule has 0 rings (SSSR count). The van der Waals surface area contributed by atoms with E-state index in [0.717, 1.165) is 25.8 Å². The molecule has 5 heteroatoms. The first-order valence-corrected chi connectivity index (χ1v) is 6.84. The van der Waals surface area contributed by atoms with Gasteiger partial charge in [0.2, 0.25) is 5.91 Å². The molecule has 0 radical (unpaired) electrons. The molecule has 1 amide bonds. The Morgan fingerprint density at radius 3 is 2.69 bits per heavy atom. The summed E-state index contributed by atoms with van der Waals surface area (Å²) in [5, 5.41) is 20.4. The number of aliphatic hydroxyl groups excluding tert-OH is 2. The summed E-state index contributed by atoms with van der Waals surface area (Å²) in [6.45, 7) is 4.40. The van der Waals surface area contributed by atoms with Crippen molar-refractivity contribution >= 4 is 17.7 Å². The molecule has 0 spiro atoms. The summed E-state index contributed by atoms with van der Waals surface area (Å²) in [6.07, 6.45) is 2.55. The predicted octanol–water partition coefficient (Wildman–Crippen LogP) is 0.768. The van der Waals surface area contributed by atoms with Gasteiger partial charge in [-0.05, 0) is 13.3 Å². The van der Waals surface area contributed by atoms with Crippen molar-refractivity contribution in [2.24, 2.45) is 0 Å². The average molecular weight is 249 g/mol. The van der Waals surface area contributed by atoms with Gasteiger partial charge in [-0.15, -0.1) is 11.8 Å². The molecule has 16 heavy (non-hydrogen) atoms. The maximum atomic E-state index is 11.5. The molecule has 2 unspecified atom stereocenters. The fourth-order valence-corrected chi connectivity index (χ4v) is 1.97. The highest BCUT2D eigenvalue weighted by atomic mass is 32.2. The second-order valence-electron chi connectivity index (χ2n) is 3.81. The molecule has 2 atom stereocenters. The minimum atomic E-state index is -0.736. The van der Waals surface area contributed by atoms with E-state index in [1.807, 2.05) is 6.92 Å². The van der Waals surface area contributed by atoms with Crippen molar-refractivity contribution in [3.05, 3.63) is 0 Å². The van der Waals surface area contributed by atoms with Gasteiger partial charge in [0, 0.05) is 12.3 Å². The second kappa shape index (κ2) is 9.93. The van der Waals surface area contributed by atoms with Crippen LogP contribution in [0.5, 0.6) is 0 Å². The predicted molar refractivity (Wildman–Crippen MR) is 67.5 cm³/mol. The smallest absolute Gasteiger partial charge is 0.232 e. The quantitative estimate of drug-likeness (QED) is 0.528. The molecule has 96 valence electrons. The molecule has 0 aromatic carbocycles. The van der Waals surface area contributed by atoms with Crippen LogP contribution in [-0.4, -0.2) is 46.4 Å². The molecule has 0 saturated carbocycles. The number of amides is 1. The molecule has 0 saturated heterocycles. The zero-order chi connectivity index (χ0) is 12.4. The molecule has 0 aromatic heterocycles. The standard InChI is InChI=1S/C11H23NO3S/c1-3-4-5-6-12-11(15)9(2)16-8-10(14)7-13/h9-10,13-14H,3-8H2,1-2H3,(H,12,15). The third-order valence-corrected chi connectivity index (χ3v) is 3.49. The third-order valence-electron chi connectivity index (χ3n) is 2.20. The lowest BCUT2D eigenvalue weighted by molar-refractivity contribution is -0.120. The SMILES string of the molecule is CCCCCNC(=O)C(C)SCC(O)CO. The Balaban J connectivity index is 3.57. The molecule has 0 fully saturated rings. The van der Waals surface area contributed by atoms with Gasteiger partial charge in [0.05, 0.1) is 18.0 Å². The highest BCUT2D eigenvalue weighted by Crippen LogP contribution is 2.11. The van der Waals surface area contributed by atoms with Gasteiger partial charge < -0.3 is 15.5 Å². The number of carbonyl (C=O) groups is 1. The molecular weight excluding hydrogens is 226 g/mol. The fourth-order valence-electron chi connectivity index (χ4n) is 1.11. The van der Waals surface area contributed by atoms with Crippen LogP contribution >= 0.6 is 11.8 Å². The van der Waals surface area contributed by atoms with E-state index in [0.29, 0.717) is 5.75 Å². The summed E-state index contributed by atoms with van der Waals surface area (Å²) < 4.78 is 0. The maximum absolute atomic E-state index is 11.5. The van der Waals surface area contributed by atoms with Gasteiger partial charge in [-0.3, -0.25) is 4.79 Å². The van der Waals surface area contributed by atoms with Crippen LogP contribution in [-0.2, 0) is 4.79 Å². The Morgan fingerprint density at radius 1 is 1.44 bits per heavy atom. The van der Waals surface area contributed by atoms with E-state index < -0.39 is 6.10 Å². The van der Waals surface area contributed by atoms with E-state index in [1.54, 1.807) is 0 Å². The van der Waals surface area contributed by atoms with E-state index in [9.17, 15) is 4.79 Å². The van der Waals surface area contributed by atoms with Crippen LogP contribution in [0, 0.1) is 0 Å². The summed E-state index contributed by atoms with van der Waals surface area (Å²) >= 11 is 1.36. The van der Waals surface area contributed by atoms with Gasteiger partial charge in [-0.2, -0.15) is 0 Å². The number of unbranched alkanes of at least 4 members (excludes halogenated alkanes) is 2. The van der Waals surface area contributed by atoms with Crippen LogP contribution in [0.2, 0.25) is 0 Å². The number of hydrogen-bond acceptors (Lipinski definition) is 4. The summed E-state index contributed by atoms with van der Waals surface area (Å²) in [6, 6.07) is 0. The highest BCUT2D eigenvalue weighted by Gasteiger charge is 2.14. The van der Waals surface area contributed by atoms with Crippen LogP contribution in [0.1, 0.15) is 33.1 Å². The fraction of sp³-hybridized carbons (Fsp3) is 0.909. The lowest BCUT2D eigenvalue weighted by Crippen LogP contribution is -2.32. The zero-order valence-electron chi connectivity index (χ0n) is 10.1. The summed E-state index contributed by atoms with van der Waals surface area (Å²) in [5.74, 6) is 0.395. The van der Waals surface area contributed by atoms with Crippen molar-refractivity contribution in [3.8, 4) is 0 Å². The molecule has 3 N–H and O–H groups in total. The van der Waals surface area contributed by atoms with Crippen molar-refractivity contribution < 1.29 is 15.0 Å². The van der Waals surface area contributed by atoms with Crippen LogP contribution in [0.25, 0.3) is 0 Å². The normalized spacial score (nSPS) is 14.5. The first-order valence-electron chi connectivity index (χ1n) is 5.80. The first kappa shape index (κ1) is 15.7. The number of aliphatic hydroxyl groups is 2. The monoisotopic (exact) mass is 249 g/mol. The Labute approximate surface area is 102 Å². The third kappa shape index (κ3) is 7.96. The molecule has 0 heterocycles. The molecule has 0 aromatic rings. The number of nitrogens with one attached hydrogen (secondary N) is 1. The van der Waals surface area contributed by atoms with E-state index in [2.05, 4.69) is 12.2 Å². The molecule has 0 bridgehead atoms. The number of carbonyl (C=O) groups excluding carboxylic acids is 1. The molecule has 0 aliphatic heterocycles. The van der Waals surface area contributed by atoms with Crippen LogP contribution in [0.15, 0.2) is 0 Å². The molecule has 4 nitrogen and oxygen atoms in total. The van der Waals surface area contributed by atoms with Crippen LogP contribution in [0.3, 0.4) is 0 Å². The van der Waals surface area contributed by atoms with Crippen molar-refractivity contribution in [3.63, 3.8) is 0 Å².